The summed E-state index contributed by atoms with van der Waals surface area (Å²) in [5.74, 6) is 0.276. The van der Waals surface area contributed by atoms with E-state index in [4.69, 9.17) is 25.7 Å². The number of rotatable bonds is 13. The smallest absolute Gasteiger partial charge is 0.287 e. The van der Waals surface area contributed by atoms with Crippen molar-refractivity contribution in [3.05, 3.63) is 134 Å². The van der Waals surface area contributed by atoms with Gasteiger partial charge in [-0.15, -0.1) is 32.9 Å². The van der Waals surface area contributed by atoms with Crippen molar-refractivity contribution in [2.45, 2.75) is 123 Å². The van der Waals surface area contributed by atoms with Gasteiger partial charge in [0.15, 0.2) is 11.6 Å². The first-order valence-corrected chi connectivity index (χ1v) is 26.8. The number of nitrogens with zero attached hydrogens (tertiary/aromatic N) is 6. The fourth-order valence-corrected chi connectivity index (χ4v) is 12.1. The SMILES string of the molecule is Cc1ncsc1-c1ccc([C@H](C)NC(=O)[C@@H]2C[C@@H](O)CN2C(=O)[C@@H](NC(=O)c2cc3cc(O[C@H]4C[C@H](NC(=O)C[C@@H]5N=C(c6ccc(Cl)cc6)c6c(sc(C)c6C)-n6c(C)nnc65)C4)ccc3o2)C(C)(C)C)cc1. The number of aryl methyl sites for hydroxylation is 3. The van der Waals surface area contributed by atoms with Gasteiger partial charge < -0.3 is 35.1 Å². The number of halogens is 1. The zero-order valence-electron chi connectivity index (χ0n) is 42.4. The number of β-amino-alcohol motifs (C(OH)–C–C–N with tert-alkyl or cyclic N) is 1. The minimum absolute atomic E-state index is 0.000667. The third-order valence-electron chi connectivity index (χ3n) is 14.2. The van der Waals surface area contributed by atoms with Gasteiger partial charge in [0.25, 0.3) is 5.91 Å². The highest BCUT2D eigenvalue weighted by molar-refractivity contribution is 7.15. The van der Waals surface area contributed by atoms with E-state index in [1.165, 1.54) is 4.90 Å². The number of aliphatic hydroxyl groups excluding tert-OH is 1. The van der Waals surface area contributed by atoms with E-state index >= 15 is 0 Å². The third-order valence-corrected chi connectivity index (χ3v) is 16.7. The van der Waals surface area contributed by atoms with Crippen LogP contribution in [0.1, 0.15) is 120 Å². The fraction of sp³-hybridized carbons (Fsp3) is 0.382. The second-order valence-electron chi connectivity index (χ2n) is 20.7. The van der Waals surface area contributed by atoms with Crippen molar-refractivity contribution in [2.24, 2.45) is 10.4 Å². The van der Waals surface area contributed by atoms with Gasteiger partial charge in [0.2, 0.25) is 17.7 Å². The number of aliphatic hydroxyl groups is 1. The van der Waals surface area contributed by atoms with Gasteiger partial charge in [-0.2, -0.15) is 0 Å². The molecule has 19 heteroatoms. The quantitative estimate of drug-likeness (QED) is 0.0862. The Morgan fingerprint density at radius 2 is 1.66 bits per heavy atom. The Morgan fingerprint density at radius 1 is 0.932 bits per heavy atom. The maximum Gasteiger partial charge on any atom is 0.287 e. The molecule has 1 aliphatic carbocycles. The van der Waals surface area contributed by atoms with Crippen molar-refractivity contribution in [1.82, 2.24) is 40.6 Å². The lowest BCUT2D eigenvalue weighted by molar-refractivity contribution is -0.142. The topological polar surface area (TPSA) is 206 Å². The average Bonchev–Trinajstić information content (AvgIpc) is 4.19. The Balaban J connectivity index is 0.754. The van der Waals surface area contributed by atoms with E-state index in [1.54, 1.807) is 46.9 Å². The van der Waals surface area contributed by atoms with Crippen molar-refractivity contribution < 1.29 is 33.4 Å². The van der Waals surface area contributed by atoms with E-state index in [2.05, 4.69) is 45.0 Å². The number of hydrogen-bond donors (Lipinski definition) is 4. The zero-order chi connectivity index (χ0) is 52.3. The van der Waals surface area contributed by atoms with Crippen molar-refractivity contribution in [3.8, 4) is 21.2 Å². The number of carbonyl (C=O) groups excluding carboxylic acids is 4. The molecule has 0 unspecified atom stereocenters. The Hall–Kier alpha value is -6.73. The average molecular weight is 1060 g/mol. The van der Waals surface area contributed by atoms with Gasteiger partial charge in [0.05, 0.1) is 40.4 Å². The molecule has 16 nitrogen and oxygen atoms in total. The molecule has 3 aromatic carbocycles. The first-order valence-electron chi connectivity index (χ1n) is 24.8. The molecule has 74 heavy (non-hydrogen) atoms. The number of furan rings is 1. The molecule has 1 saturated carbocycles. The molecule has 1 saturated heterocycles. The Bertz CT molecular complexity index is 3330. The minimum atomic E-state index is -1.06. The van der Waals surface area contributed by atoms with Gasteiger partial charge in [-0.3, -0.25) is 28.7 Å². The van der Waals surface area contributed by atoms with E-state index in [0.29, 0.717) is 40.4 Å². The molecule has 7 aromatic rings. The Labute approximate surface area is 441 Å². The number of carbonyl (C=O) groups is 4. The highest BCUT2D eigenvalue weighted by atomic mass is 35.5. The Morgan fingerprint density at radius 3 is 2.36 bits per heavy atom. The van der Waals surface area contributed by atoms with Gasteiger partial charge in [0.1, 0.15) is 46.4 Å². The van der Waals surface area contributed by atoms with Gasteiger partial charge in [-0.05, 0) is 93.1 Å². The molecule has 2 fully saturated rings. The van der Waals surface area contributed by atoms with E-state index in [9.17, 15) is 24.3 Å². The summed E-state index contributed by atoms with van der Waals surface area (Å²) < 4.78 is 14.4. The summed E-state index contributed by atoms with van der Waals surface area (Å²) in [7, 11) is 0. The lowest BCUT2D eigenvalue weighted by Gasteiger charge is -2.36. The number of benzene rings is 3. The van der Waals surface area contributed by atoms with E-state index < -0.39 is 47.4 Å². The molecule has 0 bridgehead atoms. The number of hydrogen-bond acceptors (Lipinski definition) is 13. The summed E-state index contributed by atoms with van der Waals surface area (Å²) >= 11 is 9.51. The number of ether oxygens (including phenoxy) is 1. The lowest BCUT2D eigenvalue weighted by Crippen LogP contribution is -2.57. The predicted molar refractivity (Wildman–Crippen MR) is 285 cm³/mol. The number of aromatic nitrogens is 4. The summed E-state index contributed by atoms with van der Waals surface area (Å²) in [5, 5.41) is 31.1. The van der Waals surface area contributed by atoms with Crippen LogP contribution in [0, 0.1) is 33.1 Å². The van der Waals surface area contributed by atoms with Crippen molar-refractivity contribution >= 4 is 74.6 Å². The highest BCUT2D eigenvalue weighted by Gasteiger charge is 2.45. The number of amides is 4. The van der Waals surface area contributed by atoms with Crippen LogP contribution in [0.2, 0.25) is 5.02 Å². The highest BCUT2D eigenvalue weighted by Crippen LogP contribution is 2.40. The molecular formula is C55H58ClN9O7S2. The van der Waals surface area contributed by atoms with Crippen LogP contribution in [-0.2, 0) is 14.4 Å². The van der Waals surface area contributed by atoms with Crippen LogP contribution < -0.4 is 20.7 Å². The van der Waals surface area contributed by atoms with E-state index in [-0.39, 0.29) is 49.2 Å². The molecule has 10 rings (SSSR count). The van der Waals surface area contributed by atoms with Crippen LogP contribution >= 0.6 is 34.3 Å². The summed E-state index contributed by atoms with van der Waals surface area (Å²) in [6, 6.07) is 19.3. The van der Waals surface area contributed by atoms with Crippen LogP contribution in [0.5, 0.6) is 5.75 Å². The number of likely N-dealkylation sites (tertiary alicyclic amines) is 1. The molecule has 384 valence electrons. The molecule has 3 aliphatic rings. The van der Waals surface area contributed by atoms with Crippen LogP contribution in [0.4, 0.5) is 0 Å². The van der Waals surface area contributed by atoms with E-state index in [0.717, 1.165) is 59.8 Å². The second kappa shape index (κ2) is 20.2. The number of nitrogens with one attached hydrogen (secondary N) is 3. The number of aliphatic imine (C=N–C) groups is 1. The predicted octanol–water partition coefficient (Wildman–Crippen LogP) is 9.08. The molecule has 0 radical (unpaired) electrons. The lowest BCUT2D eigenvalue weighted by atomic mass is 9.85. The van der Waals surface area contributed by atoms with E-state index in [1.807, 2.05) is 100 Å². The fourth-order valence-electron chi connectivity index (χ4n) is 9.99. The molecule has 4 aromatic heterocycles. The standard InChI is InChI=1S/C55H58ClN9O7S2/c1-27-30(4)74-54-46(27)47(33-13-15-36(56)16-14-33)60-41(50-63-62-31(5)65(50)54)24-45(67)59-37-21-40(22-37)71-39-17-18-43-35(19-39)20-44(72-43)52(69)61-49(55(6,7)8)53(70)64-25-38(66)23-42(64)51(68)58-28(2)32-9-11-34(12-10-32)48-29(3)57-26-73-48/h9-20,26,28,37-38,40-42,49,66H,21-25H2,1-8H3,(H,58,68)(H,59,67)(H,61,69)/t28-,37-,38+,40-,41-,42-,49+/m0/s1. The maximum atomic E-state index is 14.4. The van der Waals surface area contributed by atoms with Crippen LogP contribution in [0.15, 0.2) is 87.7 Å². The van der Waals surface area contributed by atoms with Crippen LogP contribution in [0.3, 0.4) is 0 Å². The first kappa shape index (κ1) is 50.8. The summed E-state index contributed by atoms with van der Waals surface area (Å²) in [6.07, 6.45) is 0.255. The first-order chi connectivity index (χ1) is 35.3. The third kappa shape index (κ3) is 10.1. The maximum absolute atomic E-state index is 14.4. The number of thiophene rings is 1. The van der Waals surface area contributed by atoms with Gasteiger partial charge in [0, 0.05) is 58.3 Å². The second-order valence-corrected chi connectivity index (χ2v) is 23.2. The van der Waals surface area contributed by atoms with Crippen LogP contribution in [0.25, 0.3) is 26.4 Å². The van der Waals surface area contributed by atoms with Crippen molar-refractivity contribution in [3.63, 3.8) is 0 Å². The largest absolute Gasteiger partial charge is 0.490 e. The van der Waals surface area contributed by atoms with Crippen LogP contribution in [-0.4, -0.2) is 96.0 Å². The van der Waals surface area contributed by atoms with Gasteiger partial charge in [-0.25, -0.2) is 4.98 Å². The summed E-state index contributed by atoms with van der Waals surface area (Å²) in [5.41, 5.74) is 8.16. The van der Waals surface area contributed by atoms with Crippen molar-refractivity contribution in [1.29, 1.82) is 0 Å². The molecule has 5 atom stereocenters. The summed E-state index contributed by atoms with van der Waals surface area (Å²) in [4.78, 5) is 69.0. The number of fused-ring (bicyclic) bond motifs is 4. The molecule has 4 amide bonds. The monoisotopic (exact) mass is 1060 g/mol. The Kier molecular flexibility index (Phi) is 13.9. The molecule has 2 aliphatic heterocycles. The molecule has 4 N–H and O–H groups in total. The normalized spacial score (nSPS) is 20.2. The summed E-state index contributed by atoms with van der Waals surface area (Å²) in [6.45, 7) is 15.4. The molecule has 6 heterocycles. The number of thiazole rings is 1. The van der Waals surface area contributed by atoms with Gasteiger partial charge in [-0.1, -0.05) is 68.8 Å². The van der Waals surface area contributed by atoms with Gasteiger partial charge >= 0.3 is 0 Å². The zero-order valence-corrected chi connectivity index (χ0v) is 44.7. The van der Waals surface area contributed by atoms with Crippen molar-refractivity contribution in [2.75, 3.05) is 6.54 Å². The minimum Gasteiger partial charge on any atom is -0.490 e. The molecule has 0 spiro atoms. The molecular weight excluding hydrogens is 998 g/mol.